The summed E-state index contributed by atoms with van der Waals surface area (Å²) in [5.41, 5.74) is 1.85. The van der Waals surface area contributed by atoms with Crippen LogP contribution in [0.4, 0.5) is 10.5 Å². The number of allylic oxidation sites excluding steroid dienone is 1. The van der Waals surface area contributed by atoms with Crippen molar-refractivity contribution in [2.45, 2.75) is 51.7 Å². The molecule has 0 unspecified atom stereocenters. The predicted molar refractivity (Wildman–Crippen MR) is 140 cm³/mol. The lowest BCUT2D eigenvalue weighted by atomic mass is 10.0. The summed E-state index contributed by atoms with van der Waals surface area (Å²) in [6, 6.07) is 8.61. The number of carbonyl (C=O) groups is 3. The normalized spacial score (nSPS) is 17.0. The Morgan fingerprint density at radius 2 is 1.84 bits per heavy atom. The Balaban J connectivity index is 1.66. The van der Waals surface area contributed by atoms with Crippen LogP contribution in [-0.4, -0.2) is 40.3 Å². The second-order valence-electron chi connectivity index (χ2n) is 9.08. The highest BCUT2D eigenvalue weighted by molar-refractivity contribution is 6.31. The maximum absolute atomic E-state index is 13.2. The molecule has 1 aliphatic carbocycles. The van der Waals surface area contributed by atoms with Crippen LogP contribution in [0.3, 0.4) is 0 Å². The van der Waals surface area contributed by atoms with E-state index >= 15 is 0 Å². The first kappa shape index (κ1) is 26.6. The number of urea groups is 1. The average molecular weight is 520 g/mol. The van der Waals surface area contributed by atoms with Crippen molar-refractivity contribution >= 4 is 29.6 Å². The van der Waals surface area contributed by atoms with Crippen LogP contribution >= 0.6 is 0 Å². The van der Waals surface area contributed by atoms with Gasteiger partial charge in [0.15, 0.2) is 11.5 Å². The van der Waals surface area contributed by atoms with E-state index < -0.39 is 22.8 Å². The molecule has 1 saturated carbocycles. The Bertz CT molecular complexity index is 1290. The predicted octanol–water partition coefficient (Wildman–Crippen LogP) is 4.71. The van der Waals surface area contributed by atoms with E-state index in [4.69, 9.17) is 9.47 Å². The van der Waals surface area contributed by atoms with Gasteiger partial charge in [-0.15, -0.1) is 6.58 Å². The molecule has 2 aromatic carbocycles. The van der Waals surface area contributed by atoms with Gasteiger partial charge in [0.2, 0.25) is 0 Å². The molecule has 2 fully saturated rings. The van der Waals surface area contributed by atoms with E-state index in [1.54, 1.807) is 30.3 Å². The molecule has 0 bridgehead atoms. The van der Waals surface area contributed by atoms with Gasteiger partial charge in [0, 0.05) is 23.7 Å². The number of barbiturate groups is 1. The molecule has 0 aromatic heterocycles. The number of amides is 4. The minimum atomic E-state index is -0.740. The van der Waals surface area contributed by atoms with Crippen molar-refractivity contribution in [3.8, 4) is 11.5 Å². The monoisotopic (exact) mass is 519 g/mol. The second kappa shape index (κ2) is 11.7. The number of rotatable bonds is 10. The van der Waals surface area contributed by atoms with Gasteiger partial charge in [0.25, 0.3) is 17.5 Å². The molecule has 2 aliphatic rings. The average Bonchev–Trinajstić information content (AvgIpc) is 3.41. The number of benzene rings is 2. The molecule has 0 radical (unpaired) electrons. The van der Waals surface area contributed by atoms with Crippen LogP contribution in [0.5, 0.6) is 11.5 Å². The number of nitro groups is 1. The van der Waals surface area contributed by atoms with Crippen LogP contribution in [0.25, 0.3) is 6.08 Å². The lowest BCUT2D eigenvalue weighted by Gasteiger charge is -2.31. The number of ether oxygens (including phenoxy) is 2. The van der Waals surface area contributed by atoms with Crippen molar-refractivity contribution in [3.63, 3.8) is 0 Å². The summed E-state index contributed by atoms with van der Waals surface area (Å²) in [4.78, 5) is 49.9. The number of carbonyl (C=O) groups excluding carboxylic acids is 3. The van der Waals surface area contributed by atoms with Gasteiger partial charge in [-0.05, 0) is 67.7 Å². The van der Waals surface area contributed by atoms with Crippen molar-refractivity contribution in [2.24, 2.45) is 0 Å². The van der Waals surface area contributed by atoms with E-state index in [1.807, 2.05) is 6.92 Å². The summed E-state index contributed by atoms with van der Waals surface area (Å²) in [6.45, 7) is 6.11. The van der Waals surface area contributed by atoms with E-state index in [0.717, 1.165) is 36.1 Å². The minimum Gasteiger partial charge on any atom is -0.490 e. The van der Waals surface area contributed by atoms with Gasteiger partial charge in [0.1, 0.15) is 12.2 Å². The van der Waals surface area contributed by atoms with Gasteiger partial charge >= 0.3 is 6.03 Å². The molecule has 0 spiro atoms. The van der Waals surface area contributed by atoms with Crippen LogP contribution in [0, 0.1) is 10.1 Å². The van der Waals surface area contributed by atoms with Crippen LogP contribution < -0.4 is 14.8 Å². The number of nitro benzene ring substituents is 1. The Morgan fingerprint density at radius 1 is 1.13 bits per heavy atom. The molecule has 0 atom stereocenters. The van der Waals surface area contributed by atoms with Crippen molar-refractivity contribution in [1.82, 2.24) is 10.2 Å². The molecule has 1 aliphatic heterocycles. The Morgan fingerprint density at radius 3 is 2.47 bits per heavy atom. The van der Waals surface area contributed by atoms with Gasteiger partial charge in [-0.2, -0.15) is 0 Å². The van der Waals surface area contributed by atoms with Gasteiger partial charge in [-0.3, -0.25) is 29.9 Å². The number of hydrogen-bond donors (Lipinski definition) is 1. The van der Waals surface area contributed by atoms with Crippen LogP contribution in [-0.2, 0) is 22.6 Å². The summed E-state index contributed by atoms with van der Waals surface area (Å²) in [6.07, 6.45) is 6.87. The van der Waals surface area contributed by atoms with E-state index in [1.165, 1.54) is 18.2 Å². The quantitative estimate of drug-likeness (QED) is 0.158. The fourth-order valence-electron chi connectivity index (χ4n) is 4.70. The fraction of sp³-hybridized carbons (Fsp3) is 0.321. The zero-order chi connectivity index (χ0) is 27.2. The topological polar surface area (TPSA) is 128 Å². The Hall–Kier alpha value is -4.47. The molecule has 1 saturated heterocycles. The number of nitrogens with zero attached hydrogens (tertiary/aromatic N) is 2. The van der Waals surface area contributed by atoms with Gasteiger partial charge < -0.3 is 9.47 Å². The Kier molecular flexibility index (Phi) is 8.20. The lowest BCUT2D eigenvalue weighted by molar-refractivity contribution is -0.384. The standard InChI is InChI=1S/C28H29N3O7/c1-3-7-20-14-19(15-23-26(32)29-28(34)30(27(23)33)21-8-5-6-9-21)16-24(37-4-2)25(20)38-17-18-10-12-22(13-11-18)31(35)36/h3,10-16,21H,1,4-9,17H2,2H3,(H,29,32,34)/b23-15+. The molecule has 1 heterocycles. The number of non-ortho nitro benzene ring substituents is 1. The first-order valence-electron chi connectivity index (χ1n) is 12.5. The van der Waals surface area contributed by atoms with Crippen molar-refractivity contribution < 1.29 is 28.8 Å². The van der Waals surface area contributed by atoms with Crippen LogP contribution in [0.2, 0.25) is 0 Å². The lowest BCUT2D eigenvalue weighted by Crippen LogP contribution is -2.57. The largest absolute Gasteiger partial charge is 0.490 e. The number of imide groups is 2. The maximum atomic E-state index is 13.2. The van der Waals surface area contributed by atoms with Gasteiger partial charge in [-0.1, -0.05) is 18.9 Å². The van der Waals surface area contributed by atoms with Gasteiger partial charge in [0.05, 0.1) is 11.5 Å². The van der Waals surface area contributed by atoms with Crippen molar-refractivity contribution in [3.05, 3.63) is 81.4 Å². The number of nitrogens with one attached hydrogen (secondary N) is 1. The third-order valence-corrected chi connectivity index (χ3v) is 6.48. The molecule has 2 aromatic rings. The molecule has 198 valence electrons. The molecule has 1 N–H and O–H groups in total. The third-order valence-electron chi connectivity index (χ3n) is 6.48. The molecule has 38 heavy (non-hydrogen) atoms. The number of hydrogen-bond acceptors (Lipinski definition) is 7. The van der Waals surface area contributed by atoms with E-state index in [0.29, 0.717) is 35.7 Å². The van der Waals surface area contributed by atoms with Gasteiger partial charge in [-0.25, -0.2) is 4.79 Å². The smallest absolute Gasteiger partial charge is 0.331 e. The first-order valence-corrected chi connectivity index (χ1v) is 12.5. The zero-order valence-electron chi connectivity index (χ0n) is 21.1. The van der Waals surface area contributed by atoms with Crippen LogP contribution in [0.1, 0.15) is 49.3 Å². The molecule has 4 rings (SSSR count). The fourth-order valence-corrected chi connectivity index (χ4v) is 4.70. The van der Waals surface area contributed by atoms with Crippen molar-refractivity contribution in [2.75, 3.05) is 6.61 Å². The molecule has 10 nitrogen and oxygen atoms in total. The molecular weight excluding hydrogens is 490 g/mol. The highest BCUT2D eigenvalue weighted by atomic mass is 16.6. The summed E-state index contributed by atoms with van der Waals surface area (Å²) >= 11 is 0. The third kappa shape index (κ3) is 5.74. The van der Waals surface area contributed by atoms with Crippen molar-refractivity contribution in [1.29, 1.82) is 0 Å². The molecular formula is C28H29N3O7. The second-order valence-corrected chi connectivity index (χ2v) is 9.08. The van der Waals surface area contributed by atoms with E-state index in [9.17, 15) is 24.5 Å². The maximum Gasteiger partial charge on any atom is 0.331 e. The summed E-state index contributed by atoms with van der Waals surface area (Å²) in [7, 11) is 0. The van der Waals surface area contributed by atoms with E-state index in [2.05, 4.69) is 11.9 Å². The Labute approximate surface area is 220 Å². The minimum absolute atomic E-state index is 0.0111. The van der Waals surface area contributed by atoms with E-state index in [-0.39, 0.29) is 23.9 Å². The molecule has 10 heteroatoms. The highest BCUT2D eigenvalue weighted by Gasteiger charge is 2.40. The zero-order valence-corrected chi connectivity index (χ0v) is 21.1. The summed E-state index contributed by atoms with van der Waals surface area (Å²) in [5, 5.41) is 13.2. The summed E-state index contributed by atoms with van der Waals surface area (Å²) in [5.74, 6) is -0.467. The summed E-state index contributed by atoms with van der Waals surface area (Å²) < 4.78 is 11.9. The molecule has 4 amide bonds. The highest BCUT2D eigenvalue weighted by Crippen LogP contribution is 2.36. The van der Waals surface area contributed by atoms with Crippen LogP contribution in [0.15, 0.2) is 54.6 Å². The first-order chi connectivity index (χ1) is 18.3. The SMILES string of the molecule is C=CCc1cc(/C=C2\C(=O)NC(=O)N(C3CCCC3)C2=O)cc(OCC)c1OCc1ccc([N+](=O)[O-])cc1.